The SMILES string of the molecule is O=[N+]([O-])C1=Cc2c(ccc3ccccc23)O[C@@H]1c1ccc(F)cc1. The monoisotopic (exact) mass is 321 g/mol. The Morgan fingerprint density at radius 1 is 1.00 bits per heavy atom. The Bertz CT molecular complexity index is 980. The average molecular weight is 321 g/mol. The van der Waals surface area contributed by atoms with E-state index in [0.29, 0.717) is 16.9 Å². The predicted octanol–water partition coefficient (Wildman–Crippen LogP) is 4.73. The van der Waals surface area contributed by atoms with Crippen LogP contribution >= 0.6 is 0 Å². The smallest absolute Gasteiger partial charge is 0.291 e. The van der Waals surface area contributed by atoms with Gasteiger partial charge in [0.05, 0.1) is 4.92 Å². The molecule has 24 heavy (non-hydrogen) atoms. The lowest BCUT2D eigenvalue weighted by molar-refractivity contribution is -0.434. The van der Waals surface area contributed by atoms with Crippen molar-refractivity contribution in [1.29, 1.82) is 0 Å². The van der Waals surface area contributed by atoms with Gasteiger partial charge in [-0.3, -0.25) is 10.1 Å². The third-order valence-electron chi connectivity index (χ3n) is 4.12. The molecule has 118 valence electrons. The number of hydrogen-bond donors (Lipinski definition) is 0. The minimum absolute atomic E-state index is 0.0644. The highest BCUT2D eigenvalue weighted by molar-refractivity contribution is 5.93. The Morgan fingerprint density at radius 3 is 2.50 bits per heavy atom. The van der Waals surface area contributed by atoms with Crippen molar-refractivity contribution < 1.29 is 14.1 Å². The number of rotatable bonds is 2. The van der Waals surface area contributed by atoms with Crippen LogP contribution in [0.5, 0.6) is 5.75 Å². The van der Waals surface area contributed by atoms with Crippen molar-refractivity contribution in [2.24, 2.45) is 0 Å². The molecule has 5 heteroatoms. The number of ether oxygens (including phenoxy) is 1. The molecule has 0 bridgehead atoms. The Balaban J connectivity index is 1.90. The van der Waals surface area contributed by atoms with E-state index >= 15 is 0 Å². The summed E-state index contributed by atoms with van der Waals surface area (Å²) in [7, 11) is 0. The first-order chi connectivity index (χ1) is 11.6. The van der Waals surface area contributed by atoms with Gasteiger partial charge in [-0.1, -0.05) is 42.5 Å². The number of nitrogens with zero attached hydrogens (tertiary/aromatic N) is 1. The Labute approximate surface area is 137 Å². The number of fused-ring (bicyclic) bond motifs is 3. The maximum absolute atomic E-state index is 13.1. The van der Waals surface area contributed by atoms with Crippen molar-refractivity contribution in [3.05, 3.63) is 93.4 Å². The fourth-order valence-electron chi connectivity index (χ4n) is 2.96. The van der Waals surface area contributed by atoms with E-state index in [0.717, 1.165) is 10.8 Å². The molecule has 1 aliphatic rings. The van der Waals surface area contributed by atoms with E-state index in [1.165, 1.54) is 24.3 Å². The molecule has 3 aromatic carbocycles. The summed E-state index contributed by atoms with van der Waals surface area (Å²) in [5, 5.41) is 13.4. The van der Waals surface area contributed by atoms with Gasteiger partial charge in [0.1, 0.15) is 11.6 Å². The van der Waals surface area contributed by atoms with Gasteiger partial charge >= 0.3 is 0 Å². The molecule has 0 saturated heterocycles. The third-order valence-corrected chi connectivity index (χ3v) is 4.12. The second-order valence-electron chi connectivity index (χ2n) is 5.57. The van der Waals surface area contributed by atoms with Crippen LogP contribution < -0.4 is 4.74 Å². The van der Waals surface area contributed by atoms with Crippen LogP contribution in [0.4, 0.5) is 4.39 Å². The molecule has 0 aromatic heterocycles. The largest absolute Gasteiger partial charge is 0.474 e. The fraction of sp³-hybridized carbons (Fsp3) is 0.0526. The highest BCUT2D eigenvalue weighted by Crippen LogP contribution is 2.40. The molecule has 0 amide bonds. The summed E-state index contributed by atoms with van der Waals surface area (Å²) >= 11 is 0. The van der Waals surface area contributed by atoms with Gasteiger partial charge < -0.3 is 4.74 Å². The van der Waals surface area contributed by atoms with Gasteiger partial charge in [0, 0.05) is 17.2 Å². The van der Waals surface area contributed by atoms with Crippen molar-refractivity contribution in [3.63, 3.8) is 0 Å². The normalized spacial score (nSPS) is 16.2. The van der Waals surface area contributed by atoms with Crippen LogP contribution in [-0.2, 0) is 0 Å². The van der Waals surface area contributed by atoms with E-state index in [2.05, 4.69) is 0 Å². The maximum Gasteiger partial charge on any atom is 0.291 e. The van der Waals surface area contributed by atoms with Gasteiger partial charge in [-0.05, 0) is 29.0 Å². The summed E-state index contributed by atoms with van der Waals surface area (Å²) in [5.41, 5.74) is 1.17. The van der Waals surface area contributed by atoms with Crippen LogP contribution in [0, 0.1) is 15.9 Å². The molecule has 4 rings (SSSR count). The summed E-state index contributed by atoms with van der Waals surface area (Å²) in [5.74, 6) is 0.182. The quantitative estimate of drug-likeness (QED) is 0.506. The lowest BCUT2D eigenvalue weighted by Gasteiger charge is -2.23. The molecule has 4 nitrogen and oxygen atoms in total. The molecule has 0 radical (unpaired) electrons. The first kappa shape index (κ1) is 14.4. The van der Waals surface area contributed by atoms with Crippen LogP contribution in [0.1, 0.15) is 17.2 Å². The minimum atomic E-state index is -0.866. The van der Waals surface area contributed by atoms with Crippen molar-refractivity contribution in [2.45, 2.75) is 6.10 Å². The highest BCUT2D eigenvalue weighted by atomic mass is 19.1. The second-order valence-corrected chi connectivity index (χ2v) is 5.57. The van der Waals surface area contributed by atoms with Gasteiger partial charge in [0.25, 0.3) is 5.70 Å². The Kier molecular flexibility index (Phi) is 3.27. The van der Waals surface area contributed by atoms with E-state index in [1.54, 1.807) is 12.1 Å². The van der Waals surface area contributed by atoms with Gasteiger partial charge in [-0.2, -0.15) is 0 Å². The lowest BCUT2D eigenvalue weighted by atomic mass is 9.97. The molecule has 0 N–H and O–H groups in total. The van der Waals surface area contributed by atoms with Gasteiger partial charge in [0.15, 0.2) is 0 Å². The molecule has 1 aliphatic heterocycles. The summed E-state index contributed by atoms with van der Waals surface area (Å²) < 4.78 is 19.0. The number of nitro groups is 1. The number of halogens is 1. The molecule has 0 fully saturated rings. The molecule has 0 aliphatic carbocycles. The fourth-order valence-corrected chi connectivity index (χ4v) is 2.96. The van der Waals surface area contributed by atoms with Gasteiger partial charge in [-0.15, -0.1) is 0 Å². The van der Waals surface area contributed by atoms with Crippen molar-refractivity contribution in [2.75, 3.05) is 0 Å². The molecular weight excluding hydrogens is 309 g/mol. The highest BCUT2D eigenvalue weighted by Gasteiger charge is 2.33. The third kappa shape index (κ3) is 2.31. The summed E-state index contributed by atoms with van der Waals surface area (Å²) in [6.45, 7) is 0. The molecule has 3 aromatic rings. The zero-order valence-electron chi connectivity index (χ0n) is 12.5. The van der Waals surface area contributed by atoms with Gasteiger partial charge in [0.2, 0.25) is 6.10 Å². The van der Waals surface area contributed by atoms with E-state index in [-0.39, 0.29) is 5.70 Å². The second kappa shape index (κ2) is 5.45. The van der Waals surface area contributed by atoms with E-state index in [4.69, 9.17) is 4.74 Å². The zero-order valence-corrected chi connectivity index (χ0v) is 12.5. The van der Waals surface area contributed by atoms with Crippen molar-refractivity contribution in [3.8, 4) is 5.75 Å². The molecule has 1 heterocycles. The average Bonchev–Trinajstić information content (AvgIpc) is 2.61. The minimum Gasteiger partial charge on any atom is -0.474 e. The summed E-state index contributed by atoms with van der Waals surface area (Å²) in [4.78, 5) is 11.1. The lowest BCUT2D eigenvalue weighted by Crippen LogP contribution is -2.19. The van der Waals surface area contributed by atoms with Crippen LogP contribution in [0.15, 0.2) is 66.4 Å². The topological polar surface area (TPSA) is 52.4 Å². The molecule has 0 unspecified atom stereocenters. The molecule has 0 saturated carbocycles. The van der Waals surface area contributed by atoms with Crippen LogP contribution in [0.25, 0.3) is 16.8 Å². The first-order valence-electron chi connectivity index (χ1n) is 7.43. The summed E-state index contributed by atoms with van der Waals surface area (Å²) in [6, 6.07) is 16.9. The standard InChI is InChI=1S/C19H12FNO3/c20-14-8-5-13(6-9-14)19-17(21(22)23)11-16-15-4-2-1-3-12(15)7-10-18(16)24-19/h1-11,19H/t19-/m1/s1. The number of hydrogen-bond acceptors (Lipinski definition) is 3. The van der Waals surface area contributed by atoms with Crippen molar-refractivity contribution in [1.82, 2.24) is 0 Å². The molecule has 1 atom stereocenters. The summed E-state index contributed by atoms with van der Waals surface area (Å²) in [6.07, 6.45) is 0.684. The molecular formula is C19H12FNO3. The van der Waals surface area contributed by atoms with E-state index < -0.39 is 16.8 Å². The van der Waals surface area contributed by atoms with Crippen LogP contribution in [-0.4, -0.2) is 4.92 Å². The number of benzene rings is 3. The first-order valence-corrected chi connectivity index (χ1v) is 7.43. The van der Waals surface area contributed by atoms with E-state index in [9.17, 15) is 14.5 Å². The Hall–Kier alpha value is -3.21. The predicted molar refractivity (Wildman–Crippen MR) is 88.7 cm³/mol. The molecule has 0 spiro atoms. The van der Waals surface area contributed by atoms with Crippen molar-refractivity contribution >= 4 is 16.8 Å². The van der Waals surface area contributed by atoms with E-state index in [1.807, 2.05) is 30.3 Å². The Morgan fingerprint density at radius 2 is 1.75 bits per heavy atom. The van der Waals surface area contributed by atoms with Gasteiger partial charge in [-0.25, -0.2) is 4.39 Å². The zero-order chi connectivity index (χ0) is 16.7. The van der Waals surface area contributed by atoms with Crippen LogP contribution in [0.3, 0.4) is 0 Å². The maximum atomic E-state index is 13.1. The van der Waals surface area contributed by atoms with Crippen LogP contribution in [0.2, 0.25) is 0 Å².